The van der Waals surface area contributed by atoms with Crippen molar-refractivity contribution in [3.05, 3.63) is 32.7 Å². The van der Waals surface area contributed by atoms with E-state index in [0.717, 1.165) is 27.1 Å². The third kappa shape index (κ3) is 5.10. The average Bonchev–Trinajstić information content (AvgIpc) is 2.26. The number of rotatable bonds is 5. The Labute approximate surface area is 127 Å². The molecule has 0 aliphatic heterocycles. The van der Waals surface area contributed by atoms with E-state index in [1.807, 2.05) is 19.1 Å². The highest BCUT2D eigenvalue weighted by Crippen LogP contribution is 2.22. The van der Waals surface area contributed by atoms with Crippen molar-refractivity contribution in [2.75, 3.05) is 5.33 Å². The van der Waals surface area contributed by atoms with E-state index in [1.54, 1.807) is 6.07 Å². The number of alkyl halides is 1. The van der Waals surface area contributed by atoms with E-state index in [-0.39, 0.29) is 11.9 Å². The molecule has 94 valence electrons. The molecule has 1 N–H and O–H groups in total. The molecule has 2 nitrogen and oxygen atoms in total. The number of carbonyl (C=O) groups is 1. The topological polar surface area (TPSA) is 29.1 Å². The molecule has 1 aromatic carbocycles. The number of nitrogens with one attached hydrogen (secondary N) is 1. The third-order valence-corrected chi connectivity index (χ3v) is 4.03. The lowest BCUT2D eigenvalue weighted by Gasteiger charge is -2.14. The summed E-state index contributed by atoms with van der Waals surface area (Å²) >= 11 is 10.1. The van der Waals surface area contributed by atoms with Crippen LogP contribution in [-0.2, 0) is 0 Å². The van der Waals surface area contributed by atoms with Crippen LogP contribution < -0.4 is 5.32 Å². The number of carbonyl (C=O) groups excluding carboxylic acids is 1. The predicted molar refractivity (Wildman–Crippen MR) is 81.8 cm³/mol. The van der Waals surface area contributed by atoms with Gasteiger partial charge in [-0.2, -0.15) is 0 Å². The minimum atomic E-state index is -0.0357. The Balaban J connectivity index is 2.63. The predicted octanol–water partition coefficient (Wildman–Crippen LogP) is 4.51. The maximum absolute atomic E-state index is 12.0. The third-order valence-electron chi connectivity index (χ3n) is 2.32. The summed E-state index contributed by atoms with van der Waals surface area (Å²) in [6, 6.07) is 5.73. The van der Waals surface area contributed by atoms with E-state index in [1.165, 1.54) is 0 Å². The number of amides is 1. The molecule has 1 atom stereocenters. The minimum Gasteiger partial charge on any atom is -0.350 e. The Morgan fingerprint density at radius 3 is 2.71 bits per heavy atom. The van der Waals surface area contributed by atoms with Gasteiger partial charge in [0.2, 0.25) is 0 Å². The van der Waals surface area contributed by atoms with E-state index in [9.17, 15) is 4.79 Å². The largest absolute Gasteiger partial charge is 0.350 e. The summed E-state index contributed by atoms with van der Waals surface area (Å²) in [6.45, 7) is 2.02. The van der Waals surface area contributed by atoms with Crippen molar-refractivity contribution in [1.29, 1.82) is 0 Å². The first-order chi connectivity index (χ1) is 8.04. The highest BCUT2D eigenvalue weighted by atomic mass is 79.9. The maximum atomic E-state index is 12.0. The molecule has 1 amide bonds. The first kappa shape index (κ1) is 15.2. The van der Waals surface area contributed by atoms with Crippen LogP contribution in [0.2, 0.25) is 0 Å². The standard InChI is InChI=1S/C12H14Br3NO/c1-8(3-2-6-13)16-12(17)10-5-4-9(14)7-11(10)15/h4-5,7-8H,2-3,6H2,1H3,(H,16,17). The fraction of sp³-hybridized carbons (Fsp3) is 0.417. The molecule has 0 spiro atoms. The van der Waals surface area contributed by atoms with Crippen LogP contribution in [0.15, 0.2) is 27.1 Å². The van der Waals surface area contributed by atoms with Gasteiger partial charge in [-0.15, -0.1) is 0 Å². The zero-order chi connectivity index (χ0) is 12.8. The number of halogens is 3. The highest BCUT2D eigenvalue weighted by Gasteiger charge is 2.12. The molecular formula is C12H14Br3NO. The van der Waals surface area contributed by atoms with Gasteiger partial charge in [0, 0.05) is 20.3 Å². The van der Waals surface area contributed by atoms with Crippen molar-refractivity contribution in [3.63, 3.8) is 0 Å². The molecular weight excluding hydrogens is 414 g/mol. The molecule has 0 fully saturated rings. The maximum Gasteiger partial charge on any atom is 0.252 e. The SMILES string of the molecule is CC(CCCBr)NC(=O)c1ccc(Br)cc1Br. The van der Waals surface area contributed by atoms with E-state index in [4.69, 9.17) is 0 Å². The van der Waals surface area contributed by atoms with Crippen LogP contribution in [0.5, 0.6) is 0 Å². The van der Waals surface area contributed by atoms with Crippen LogP contribution in [0.3, 0.4) is 0 Å². The summed E-state index contributed by atoms with van der Waals surface area (Å²) in [5.41, 5.74) is 0.666. The molecule has 0 saturated carbocycles. The lowest BCUT2D eigenvalue weighted by molar-refractivity contribution is 0.0937. The molecule has 1 rings (SSSR count). The van der Waals surface area contributed by atoms with Crippen molar-refractivity contribution in [1.82, 2.24) is 5.32 Å². The fourth-order valence-electron chi connectivity index (χ4n) is 1.43. The normalized spacial score (nSPS) is 12.2. The zero-order valence-corrected chi connectivity index (χ0v) is 14.2. The second-order valence-electron chi connectivity index (χ2n) is 3.83. The monoisotopic (exact) mass is 425 g/mol. The van der Waals surface area contributed by atoms with Gasteiger partial charge in [0.05, 0.1) is 5.56 Å². The Kier molecular flexibility index (Phi) is 6.74. The zero-order valence-electron chi connectivity index (χ0n) is 9.47. The van der Waals surface area contributed by atoms with Gasteiger partial charge < -0.3 is 5.32 Å². The van der Waals surface area contributed by atoms with Gasteiger partial charge >= 0.3 is 0 Å². The summed E-state index contributed by atoms with van der Waals surface area (Å²) in [5.74, 6) is -0.0357. The van der Waals surface area contributed by atoms with Crippen LogP contribution in [-0.4, -0.2) is 17.3 Å². The molecule has 0 aromatic heterocycles. The smallest absolute Gasteiger partial charge is 0.252 e. The molecule has 0 saturated heterocycles. The molecule has 17 heavy (non-hydrogen) atoms. The molecule has 0 radical (unpaired) electrons. The molecule has 0 aliphatic rings. The first-order valence-electron chi connectivity index (χ1n) is 5.36. The van der Waals surface area contributed by atoms with Crippen molar-refractivity contribution < 1.29 is 4.79 Å². The first-order valence-corrected chi connectivity index (χ1v) is 8.07. The summed E-state index contributed by atoms with van der Waals surface area (Å²) in [5, 5.41) is 3.95. The van der Waals surface area contributed by atoms with E-state index >= 15 is 0 Å². The van der Waals surface area contributed by atoms with Gasteiger partial charge in [0.25, 0.3) is 5.91 Å². The van der Waals surface area contributed by atoms with Gasteiger partial charge in [-0.25, -0.2) is 0 Å². The van der Waals surface area contributed by atoms with E-state index < -0.39 is 0 Å². The fourth-order valence-corrected chi connectivity index (χ4v) is 2.98. The lowest BCUT2D eigenvalue weighted by atomic mass is 10.1. The van der Waals surface area contributed by atoms with Crippen LogP contribution in [0.4, 0.5) is 0 Å². The van der Waals surface area contributed by atoms with E-state index in [2.05, 4.69) is 53.1 Å². The molecule has 0 bridgehead atoms. The molecule has 5 heteroatoms. The molecule has 1 aromatic rings. The van der Waals surface area contributed by atoms with Crippen LogP contribution in [0, 0.1) is 0 Å². The summed E-state index contributed by atoms with van der Waals surface area (Å²) in [6.07, 6.45) is 2.04. The van der Waals surface area contributed by atoms with Crippen molar-refractivity contribution >= 4 is 53.7 Å². The number of hydrogen-bond donors (Lipinski definition) is 1. The molecule has 1 unspecified atom stereocenters. The van der Waals surface area contributed by atoms with Crippen LogP contribution in [0.1, 0.15) is 30.1 Å². The van der Waals surface area contributed by atoms with Crippen molar-refractivity contribution in [3.8, 4) is 0 Å². The van der Waals surface area contributed by atoms with Crippen molar-refractivity contribution in [2.24, 2.45) is 0 Å². The van der Waals surface area contributed by atoms with Gasteiger partial charge in [0.1, 0.15) is 0 Å². The van der Waals surface area contributed by atoms with Crippen molar-refractivity contribution in [2.45, 2.75) is 25.8 Å². The second kappa shape index (κ2) is 7.54. The summed E-state index contributed by atoms with van der Waals surface area (Å²) in [7, 11) is 0. The summed E-state index contributed by atoms with van der Waals surface area (Å²) < 4.78 is 1.75. The highest BCUT2D eigenvalue weighted by molar-refractivity contribution is 9.11. The Bertz CT molecular complexity index is 395. The van der Waals surface area contributed by atoms with Crippen LogP contribution >= 0.6 is 47.8 Å². The van der Waals surface area contributed by atoms with E-state index in [0.29, 0.717) is 5.56 Å². The quantitative estimate of drug-likeness (QED) is 0.688. The Morgan fingerprint density at radius 2 is 2.12 bits per heavy atom. The molecule has 0 heterocycles. The van der Waals surface area contributed by atoms with Gasteiger partial charge in [-0.1, -0.05) is 31.9 Å². The minimum absolute atomic E-state index is 0.0357. The van der Waals surface area contributed by atoms with Gasteiger partial charge in [0.15, 0.2) is 0 Å². The molecule has 0 aliphatic carbocycles. The Morgan fingerprint density at radius 1 is 1.41 bits per heavy atom. The number of benzene rings is 1. The second-order valence-corrected chi connectivity index (χ2v) is 6.39. The average molecular weight is 428 g/mol. The van der Waals surface area contributed by atoms with Gasteiger partial charge in [-0.3, -0.25) is 4.79 Å². The van der Waals surface area contributed by atoms with Crippen LogP contribution in [0.25, 0.3) is 0 Å². The summed E-state index contributed by atoms with van der Waals surface area (Å²) in [4.78, 5) is 12.0. The van der Waals surface area contributed by atoms with Gasteiger partial charge in [-0.05, 0) is 53.9 Å². The Hall–Kier alpha value is 0.130. The lowest BCUT2D eigenvalue weighted by Crippen LogP contribution is -2.32. The number of hydrogen-bond acceptors (Lipinski definition) is 1.